The number of nitro groups is 1. The first-order chi connectivity index (χ1) is 12.5. The van der Waals surface area contributed by atoms with Crippen molar-refractivity contribution in [3.05, 3.63) is 28.3 Å². The number of rotatable bonds is 7. The summed E-state index contributed by atoms with van der Waals surface area (Å²) in [5.74, 6) is -0.592. The molecule has 1 fully saturated rings. The van der Waals surface area contributed by atoms with Crippen LogP contribution in [0.2, 0.25) is 0 Å². The van der Waals surface area contributed by atoms with Gasteiger partial charge in [0.2, 0.25) is 15.9 Å². The summed E-state index contributed by atoms with van der Waals surface area (Å²) in [6.45, 7) is 6.28. The number of primary amides is 1. The lowest BCUT2D eigenvalue weighted by Gasteiger charge is -2.30. The normalized spacial score (nSPS) is 19.6. The van der Waals surface area contributed by atoms with Gasteiger partial charge in [0.25, 0.3) is 5.69 Å². The monoisotopic (exact) mass is 398 g/mol. The Morgan fingerprint density at radius 2 is 2.07 bits per heavy atom. The first kappa shape index (κ1) is 21.1. The van der Waals surface area contributed by atoms with E-state index in [9.17, 15) is 23.3 Å². The van der Waals surface area contributed by atoms with E-state index in [0.717, 1.165) is 18.9 Å². The molecule has 150 valence electrons. The molecular formula is C17H26N4O5S. The molecule has 0 bridgehead atoms. The van der Waals surface area contributed by atoms with Crippen molar-refractivity contribution >= 4 is 27.3 Å². The van der Waals surface area contributed by atoms with Gasteiger partial charge in [-0.1, -0.05) is 20.8 Å². The quantitative estimate of drug-likeness (QED) is 0.532. The van der Waals surface area contributed by atoms with Gasteiger partial charge in [-0.3, -0.25) is 14.9 Å². The number of amides is 1. The summed E-state index contributed by atoms with van der Waals surface area (Å²) in [5.41, 5.74) is 5.00. The summed E-state index contributed by atoms with van der Waals surface area (Å²) >= 11 is 0. The summed E-state index contributed by atoms with van der Waals surface area (Å²) < 4.78 is 27.1. The van der Waals surface area contributed by atoms with Gasteiger partial charge in [-0.25, -0.2) is 8.42 Å². The fraction of sp³-hybridized carbons (Fsp3) is 0.588. The third-order valence-electron chi connectivity index (χ3n) is 4.71. The number of piperidine rings is 1. The van der Waals surface area contributed by atoms with E-state index in [4.69, 9.17) is 5.73 Å². The minimum atomic E-state index is -3.82. The van der Waals surface area contributed by atoms with Crippen molar-refractivity contribution in [1.82, 2.24) is 4.31 Å². The standard InChI is InChI=1S/C17H26N4O5S/c1-11(2)16(17(18)22)19-14-7-6-13(9-15(14)21(23)24)27(25,26)20-8-4-5-12(3)10-20/h6-7,9,11-12,16,19H,4-5,8,10H2,1-3H3,(H2,18,22)/t12-,16+/m0/s1. The predicted octanol–water partition coefficient (Wildman–Crippen LogP) is 1.94. The van der Waals surface area contributed by atoms with Crippen LogP contribution >= 0.6 is 0 Å². The van der Waals surface area contributed by atoms with E-state index in [-0.39, 0.29) is 22.4 Å². The zero-order chi connectivity index (χ0) is 20.4. The molecule has 1 aromatic rings. The Bertz CT molecular complexity index is 825. The fourth-order valence-corrected chi connectivity index (χ4v) is 4.81. The topological polar surface area (TPSA) is 136 Å². The Morgan fingerprint density at radius 1 is 1.41 bits per heavy atom. The molecule has 2 atom stereocenters. The van der Waals surface area contributed by atoms with Crippen LogP contribution in [0.5, 0.6) is 0 Å². The van der Waals surface area contributed by atoms with Gasteiger partial charge in [-0.15, -0.1) is 0 Å². The van der Waals surface area contributed by atoms with E-state index in [1.54, 1.807) is 13.8 Å². The van der Waals surface area contributed by atoms with Gasteiger partial charge < -0.3 is 11.1 Å². The number of nitrogens with zero attached hydrogens (tertiary/aromatic N) is 2. The first-order valence-electron chi connectivity index (χ1n) is 8.88. The van der Waals surface area contributed by atoms with Gasteiger partial charge in [0.05, 0.1) is 9.82 Å². The predicted molar refractivity (Wildman–Crippen MR) is 102 cm³/mol. The number of nitrogens with one attached hydrogen (secondary N) is 1. The third-order valence-corrected chi connectivity index (χ3v) is 6.57. The van der Waals surface area contributed by atoms with Crippen molar-refractivity contribution in [3.63, 3.8) is 0 Å². The molecule has 9 nitrogen and oxygen atoms in total. The highest BCUT2D eigenvalue weighted by Gasteiger charge is 2.31. The Kier molecular flexibility index (Phi) is 6.42. The van der Waals surface area contributed by atoms with Gasteiger partial charge in [0, 0.05) is 19.2 Å². The van der Waals surface area contributed by atoms with Crippen LogP contribution in [0.1, 0.15) is 33.6 Å². The highest BCUT2D eigenvalue weighted by atomic mass is 32.2. The van der Waals surface area contributed by atoms with Crippen LogP contribution in [0, 0.1) is 22.0 Å². The van der Waals surface area contributed by atoms with Gasteiger partial charge >= 0.3 is 0 Å². The summed E-state index contributed by atoms with van der Waals surface area (Å²) in [6, 6.07) is 2.86. The van der Waals surface area contributed by atoms with Crippen LogP contribution in [0.25, 0.3) is 0 Å². The van der Waals surface area contributed by atoms with Crippen molar-refractivity contribution in [2.45, 2.75) is 44.6 Å². The van der Waals surface area contributed by atoms with Crippen molar-refractivity contribution in [2.75, 3.05) is 18.4 Å². The summed E-state index contributed by atoms with van der Waals surface area (Å²) in [6.07, 6.45) is 1.72. The lowest BCUT2D eigenvalue weighted by molar-refractivity contribution is -0.384. The number of carbonyl (C=O) groups excluding carboxylic acids is 1. The van der Waals surface area contributed by atoms with E-state index >= 15 is 0 Å². The van der Waals surface area contributed by atoms with Crippen molar-refractivity contribution in [3.8, 4) is 0 Å². The average molecular weight is 398 g/mol. The molecule has 0 aromatic heterocycles. The number of hydrogen-bond acceptors (Lipinski definition) is 6. The third kappa shape index (κ3) is 4.75. The highest BCUT2D eigenvalue weighted by Crippen LogP contribution is 2.31. The van der Waals surface area contributed by atoms with Gasteiger partial charge in [-0.05, 0) is 36.8 Å². The fourth-order valence-electron chi connectivity index (χ4n) is 3.19. The number of sulfonamides is 1. The lowest BCUT2D eigenvalue weighted by Crippen LogP contribution is -2.40. The SMILES string of the molecule is CC(C)[C@@H](Nc1ccc(S(=O)(=O)N2CCC[C@H](C)C2)cc1[N+](=O)[O-])C(N)=O. The number of nitrogens with two attached hydrogens (primary N) is 1. The molecule has 2 rings (SSSR count). The number of benzene rings is 1. The summed E-state index contributed by atoms with van der Waals surface area (Å²) in [4.78, 5) is 22.3. The second-order valence-corrected chi connectivity index (χ2v) is 9.25. The number of nitro benzene ring substituents is 1. The zero-order valence-electron chi connectivity index (χ0n) is 15.7. The lowest BCUT2D eigenvalue weighted by atomic mass is 10.0. The van der Waals surface area contributed by atoms with Crippen LogP contribution < -0.4 is 11.1 Å². The number of anilines is 1. The minimum Gasteiger partial charge on any atom is -0.368 e. The van der Waals surface area contributed by atoms with Gasteiger partial charge in [0.15, 0.2) is 0 Å². The van der Waals surface area contributed by atoms with Crippen LogP contribution in [-0.4, -0.2) is 42.7 Å². The molecule has 0 spiro atoms. The molecule has 0 saturated carbocycles. The first-order valence-corrected chi connectivity index (χ1v) is 10.3. The molecule has 1 aromatic carbocycles. The Balaban J connectivity index is 2.40. The van der Waals surface area contributed by atoms with Crippen LogP contribution in [0.15, 0.2) is 23.1 Å². The highest BCUT2D eigenvalue weighted by molar-refractivity contribution is 7.89. The maximum atomic E-state index is 12.9. The van der Waals surface area contributed by atoms with Gasteiger partial charge in [0.1, 0.15) is 11.7 Å². The van der Waals surface area contributed by atoms with Crippen molar-refractivity contribution in [2.24, 2.45) is 17.6 Å². The van der Waals surface area contributed by atoms with E-state index in [0.29, 0.717) is 13.1 Å². The van der Waals surface area contributed by atoms with Crippen molar-refractivity contribution < 1.29 is 18.1 Å². The largest absolute Gasteiger partial charge is 0.368 e. The molecular weight excluding hydrogens is 372 g/mol. The van der Waals surface area contributed by atoms with Gasteiger partial charge in [-0.2, -0.15) is 4.31 Å². The average Bonchev–Trinajstić information content (AvgIpc) is 2.58. The van der Waals surface area contributed by atoms with E-state index in [2.05, 4.69) is 5.32 Å². The molecule has 0 unspecified atom stereocenters. The molecule has 27 heavy (non-hydrogen) atoms. The summed E-state index contributed by atoms with van der Waals surface area (Å²) in [5, 5.41) is 14.3. The van der Waals surface area contributed by atoms with Crippen molar-refractivity contribution in [1.29, 1.82) is 0 Å². The Morgan fingerprint density at radius 3 is 2.59 bits per heavy atom. The molecule has 1 heterocycles. The second-order valence-electron chi connectivity index (χ2n) is 7.31. The van der Waals surface area contributed by atoms with E-state index in [1.165, 1.54) is 16.4 Å². The molecule has 3 N–H and O–H groups in total. The molecule has 1 saturated heterocycles. The van der Waals surface area contributed by atoms with Crippen LogP contribution in [0.3, 0.4) is 0 Å². The Hall–Kier alpha value is -2.20. The summed E-state index contributed by atoms with van der Waals surface area (Å²) in [7, 11) is -3.82. The van der Waals surface area contributed by atoms with Crippen LogP contribution in [-0.2, 0) is 14.8 Å². The zero-order valence-corrected chi connectivity index (χ0v) is 16.5. The maximum Gasteiger partial charge on any atom is 0.293 e. The van der Waals surface area contributed by atoms with E-state index < -0.39 is 32.6 Å². The molecule has 1 aliphatic rings. The second kappa shape index (κ2) is 8.22. The Labute approximate surface area is 159 Å². The minimum absolute atomic E-state index is 0.0588. The van der Waals surface area contributed by atoms with Crippen LogP contribution in [0.4, 0.5) is 11.4 Å². The maximum absolute atomic E-state index is 12.9. The molecule has 10 heteroatoms. The number of carbonyl (C=O) groups is 1. The molecule has 1 aliphatic heterocycles. The van der Waals surface area contributed by atoms with E-state index in [1.807, 2.05) is 6.92 Å². The number of hydrogen-bond donors (Lipinski definition) is 2. The molecule has 0 aliphatic carbocycles. The molecule has 1 amide bonds. The molecule has 0 radical (unpaired) electrons. The smallest absolute Gasteiger partial charge is 0.293 e.